The summed E-state index contributed by atoms with van der Waals surface area (Å²) in [7, 11) is 1.69. The Bertz CT molecular complexity index is 320. The Morgan fingerprint density at radius 1 is 1.38 bits per heavy atom. The number of unbranched alkanes of at least 4 members (excludes halogenated alkanes) is 1. The Morgan fingerprint density at radius 2 is 2.19 bits per heavy atom. The first kappa shape index (κ1) is 13.8. The standard InChI is InChI=1S/C12H17BrClNO/c1-16-12-5-4-11(13)8-10(12)9-15-7-3-2-6-14/h4-5,8,15H,2-3,6-7,9H2,1H3. The van der Waals surface area contributed by atoms with E-state index in [1.165, 1.54) is 5.56 Å². The Morgan fingerprint density at radius 3 is 2.88 bits per heavy atom. The SMILES string of the molecule is COc1ccc(Br)cc1CNCCCCCl. The minimum atomic E-state index is 0.738. The van der Waals surface area contributed by atoms with Crippen LogP contribution in [0.5, 0.6) is 5.75 Å². The maximum absolute atomic E-state index is 5.61. The van der Waals surface area contributed by atoms with Crippen molar-refractivity contribution in [2.45, 2.75) is 19.4 Å². The Labute approximate surface area is 110 Å². The van der Waals surface area contributed by atoms with E-state index in [1.54, 1.807) is 7.11 Å². The van der Waals surface area contributed by atoms with Gasteiger partial charge in [0.1, 0.15) is 5.75 Å². The molecule has 0 saturated carbocycles. The second kappa shape index (κ2) is 7.93. The number of hydrogen-bond donors (Lipinski definition) is 1. The lowest BCUT2D eigenvalue weighted by molar-refractivity contribution is 0.407. The third kappa shape index (κ3) is 4.73. The van der Waals surface area contributed by atoms with Gasteiger partial charge < -0.3 is 10.1 Å². The number of halogens is 2. The molecular formula is C12H17BrClNO. The van der Waals surface area contributed by atoms with Crippen molar-refractivity contribution in [3.63, 3.8) is 0 Å². The zero-order valence-electron chi connectivity index (χ0n) is 9.43. The van der Waals surface area contributed by atoms with Crippen LogP contribution in [-0.4, -0.2) is 19.5 Å². The number of ether oxygens (including phenoxy) is 1. The highest BCUT2D eigenvalue weighted by atomic mass is 79.9. The molecule has 0 atom stereocenters. The van der Waals surface area contributed by atoms with Gasteiger partial charge in [-0.1, -0.05) is 15.9 Å². The maximum atomic E-state index is 5.61. The van der Waals surface area contributed by atoms with E-state index in [-0.39, 0.29) is 0 Å². The molecule has 0 aliphatic rings. The summed E-state index contributed by atoms with van der Waals surface area (Å²) in [6.45, 7) is 1.81. The van der Waals surface area contributed by atoms with E-state index in [9.17, 15) is 0 Å². The molecule has 0 fully saturated rings. The Balaban J connectivity index is 2.42. The van der Waals surface area contributed by atoms with Gasteiger partial charge in [0.05, 0.1) is 7.11 Å². The van der Waals surface area contributed by atoms with E-state index < -0.39 is 0 Å². The summed E-state index contributed by atoms with van der Waals surface area (Å²) in [4.78, 5) is 0. The first-order valence-electron chi connectivity index (χ1n) is 5.37. The van der Waals surface area contributed by atoms with Crippen LogP contribution in [0.2, 0.25) is 0 Å². The summed E-state index contributed by atoms with van der Waals surface area (Å²) < 4.78 is 6.37. The van der Waals surface area contributed by atoms with Crippen molar-refractivity contribution in [2.24, 2.45) is 0 Å². The van der Waals surface area contributed by atoms with E-state index >= 15 is 0 Å². The molecule has 1 aromatic carbocycles. The van der Waals surface area contributed by atoms with Gasteiger partial charge in [-0.3, -0.25) is 0 Å². The first-order valence-corrected chi connectivity index (χ1v) is 6.69. The fraction of sp³-hybridized carbons (Fsp3) is 0.500. The molecule has 90 valence electrons. The van der Waals surface area contributed by atoms with Gasteiger partial charge in [0, 0.05) is 22.5 Å². The summed E-state index contributed by atoms with van der Waals surface area (Å²) in [5, 5.41) is 3.38. The molecular weight excluding hydrogens is 289 g/mol. The zero-order chi connectivity index (χ0) is 11.8. The molecule has 0 amide bonds. The van der Waals surface area contributed by atoms with E-state index in [1.807, 2.05) is 12.1 Å². The number of hydrogen-bond acceptors (Lipinski definition) is 2. The van der Waals surface area contributed by atoms with Gasteiger partial charge in [0.2, 0.25) is 0 Å². The van der Waals surface area contributed by atoms with Gasteiger partial charge in [-0.2, -0.15) is 0 Å². The van der Waals surface area contributed by atoms with Gasteiger partial charge in [-0.05, 0) is 37.6 Å². The number of methoxy groups -OCH3 is 1. The third-order valence-electron chi connectivity index (χ3n) is 2.30. The van der Waals surface area contributed by atoms with Crippen molar-refractivity contribution in [1.82, 2.24) is 5.32 Å². The monoisotopic (exact) mass is 305 g/mol. The van der Waals surface area contributed by atoms with Gasteiger partial charge in [0.25, 0.3) is 0 Å². The van der Waals surface area contributed by atoms with Crippen LogP contribution in [0.1, 0.15) is 18.4 Å². The molecule has 0 radical (unpaired) electrons. The smallest absolute Gasteiger partial charge is 0.123 e. The van der Waals surface area contributed by atoms with Gasteiger partial charge >= 0.3 is 0 Å². The molecule has 1 aromatic rings. The van der Waals surface area contributed by atoms with Crippen molar-refractivity contribution in [1.29, 1.82) is 0 Å². The van der Waals surface area contributed by atoms with Crippen LogP contribution in [0, 0.1) is 0 Å². The summed E-state index contributed by atoms with van der Waals surface area (Å²) in [6, 6.07) is 6.03. The highest BCUT2D eigenvalue weighted by Crippen LogP contribution is 2.22. The molecule has 16 heavy (non-hydrogen) atoms. The highest BCUT2D eigenvalue weighted by Gasteiger charge is 2.02. The lowest BCUT2D eigenvalue weighted by Gasteiger charge is -2.10. The zero-order valence-corrected chi connectivity index (χ0v) is 11.8. The summed E-state index contributed by atoms with van der Waals surface area (Å²) >= 11 is 9.07. The molecule has 0 heterocycles. The van der Waals surface area contributed by atoms with Crippen molar-refractivity contribution in [3.05, 3.63) is 28.2 Å². The predicted molar refractivity (Wildman–Crippen MR) is 72.4 cm³/mol. The van der Waals surface area contributed by atoms with Crippen molar-refractivity contribution in [3.8, 4) is 5.75 Å². The van der Waals surface area contributed by atoms with Crippen molar-refractivity contribution < 1.29 is 4.74 Å². The molecule has 0 spiro atoms. The van der Waals surface area contributed by atoms with Crippen LogP contribution in [0.15, 0.2) is 22.7 Å². The average molecular weight is 307 g/mol. The normalized spacial score (nSPS) is 10.4. The molecule has 0 aliphatic carbocycles. The number of nitrogens with one attached hydrogen (secondary N) is 1. The second-order valence-electron chi connectivity index (χ2n) is 3.53. The number of benzene rings is 1. The lowest BCUT2D eigenvalue weighted by atomic mass is 10.2. The third-order valence-corrected chi connectivity index (χ3v) is 3.06. The predicted octanol–water partition coefficient (Wildman–Crippen LogP) is 3.57. The van der Waals surface area contributed by atoms with Gasteiger partial charge in [0.15, 0.2) is 0 Å². The van der Waals surface area contributed by atoms with Crippen LogP contribution in [-0.2, 0) is 6.54 Å². The first-order chi connectivity index (χ1) is 7.77. The van der Waals surface area contributed by atoms with Crippen LogP contribution in [0.3, 0.4) is 0 Å². The van der Waals surface area contributed by atoms with Crippen LogP contribution in [0.4, 0.5) is 0 Å². The lowest BCUT2D eigenvalue weighted by Crippen LogP contribution is -2.15. The minimum absolute atomic E-state index is 0.738. The van der Waals surface area contributed by atoms with Gasteiger partial charge in [-0.15, -0.1) is 11.6 Å². The molecule has 0 unspecified atom stereocenters. The van der Waals surface area contributed by atoms with Gasteiger partial charge in [-0.25, -0.2) is 0 Å². The minimum Gasteiger partial charge on any atom is -0.496 e. The second-order valence-corrected chi connectivity index (χ2v) is 4.82. The van der Waals surface area contributed by atoms with Crippen molar-refractivity contribution >= 4 is 27.5 Å². The fourth-order valence-electron chi connectivity index (χ4n) is 1.45. The Kier molecular flexibility index (Phi) is 6.85. The quantitative estimate of drug-likeness (QED) is 0.614. The number of alkyl halides is 1. The molecule has 0 aromatic heterocycles. The van der Waals surface area contributed by atoms with E-state index in [2.05, 4.69) is 27.3 Å². The van der Waals surface area contributed by atoms with Crippen LogP contribution in [0.25, 0.3) is 0 Å². The topological polar surface area (TPSA) is 21.3 Å². The van der Waals surface area contributed by atoms with E-state index in [0.717, 1.165) is 42.0 Å². The largest absolute Gasteiger partial charge is 0.496 e. The molecule has 4 heteroatoms. The Hall–Kier alpha value is -0.250. The fourth-order valence-corrected chi connectivity index (χ4v) is 2.05. The molecule has 0 aliphatic heterocycles. The van der Waals surface area contributed by atoms with Crippen LogP contribution < -0.4 is 10.1 Å². The maximum Gasteiger partial charge on any atom is 0.123 e. The number of rotatable bonds is 7. The van der Waals surface area contributed by atoms with Crippen molar-refractivity contribution in [2.75, 3.05) is 19.5 Å². The summed E-state index contributed by atoms with van der Waals surface area (Å²) in [5.41, 5.74) is 1.17. The average Bonchev–Trinajstić information content (AvgIpc) is 2.29. The summed E-state index contributed by atoms with van der Waals surface area (Å²) in [6.07, 6.45) is 2.17. The molecule has 1 rings (SSSR count). The molecule has 0 bridgehead atoms. The molecule has 2 nitrogen and oxygen atoms in total. The van der Waals surface area contributed by atoms with E-state index in [0.29, 0.717) is 0 Å². The molecule has 1 N–H and O–H groups in total. The molecule has 0 saturated heterocycles. The summed E-state index contributed by atoms with van der Waals surface area (Å²) in [5.74, 6) is 1.66. The van der Waals surface area contributed by atoms with Crippen LogP contribution >= 0.6 is 27.5 Å². The highest BCUT2D eigenvalue weighted by molar-refractivity contribution is 9.10. The van der Waals surface area contributed by atoms with E-state index in [4.69, 9.17) is 16.3 Å².